The van der Waals surface area contributed by atoms with Crippen LogP contribution in [0.4, 0.5) is 9.59 Å². The second kappa shape index (κ2) is 13.6. The fraction of sp³-hybridized carbons (Fsp3) is 0.176. The van der Waals surface area contributed by atoms with Crippen molar-refractivity contribution < 1.29 is 38.9 Å². The number of carboxylic acid groups (broad SMARTS) is 2. The molecular formula is C34H30N2O8. The third-order valence-electron chi connectivity index (χ3n) is 7.42. The molecule has 2 aliphatic carbocycles. The van der Waals surface area contributed by atoms with Crippen LogP contribution in [0.15, 0.2) is 91.0 Å². The smallest absolute Gasteiger partial charge is 0.407 e. The minimum atomic E-state index is -1.10. The van der Waals surface area contributed by atoms with Gasteiger partial charge < -0.3 is 30.3 Å². The van der Waals surface area contributed by atoms with Crippen molar-refractivity contribution in [2.24, 2.45) is 0 Å². The SMILES string of the molecule is O=C(O)CNC(=O)OCC1c2ccccc2-c2ccccc21.O=C(O)CNC(=O)OCc1cccc2c1Cc1ccccc1-2. The van der Waals surface area contributed by atoms with Crippen molar-refractivity contribution in [2.45, 2.75) is 18.9 Å². The molecule has 0 unspecified atom stereocenters. The van der Waals surface area contributed by atoms with Gasteiger partial charge in [-0.05, 0) is 56.5 Å². The Morgan fingerprint density at radius 3 is 1.77 bits per heavy atom. The van der Waals surface area contributed by atoms with Gasteiger partial charge >= 0.3 is 24.1 Å². The number of amides is 2. The molecule has 44 heavy (non-hydrogen) atoms. The fourth-order valence-electron chi connectivity index (χ4n) is 5.50. The summed E-state index contributed by atoms with van der Waals surface area (Å²) < 4.78 is 10.3. The standard InChI is InChI=1S/2C17H15NO4/c19-16(20)9-18-17(21)22-10-15-13-7-3-1-5-11(13)12-6-2-4-8-14(12)15;19-16(20)9-18-17(21)22-10-12-5-3-7-14-13-6-2-1-4-11(13)8-15(12)14/h1-8,15H,9-10H2,(H,18,21)(H,19,20);1-7H,8-10H2,(H,18,21)(H,19,20). The van der Waals surface area contributed by atoms with E-state index in [0.29, 0.717) is 0 Å². The Balaban J connectivity index is 0.000000175. The van der Waals surface area contributed by atoms with Crippen LogP contribution in [0.1, 0.15) is 33.7 Å². The van der Waals surface area contributed by atoms with E-state index in [1.165, 1.54) is 16.7 Å². The highest BCUT2D eigenvalue weighted by Gasteiger charge is 2.29. The van der Waals surface area contributed by atoms with Crippen molar-refractivity contribution >= 4 is 24.1 Å². The van der Waals surface area contributed by atoms with E-state index in [9.17, 15) is 19.2 Å². The van der Waals surface area contributed by atoms with Crippen molar-refractivity contribution in [3.63, 3.8) is 0 Å². The van der Waals surface area contributed by atoms with Gasteiger partial charge in [0.15, 0.2) is 0 Å². The first kappa shape index (κ1) is 29.8. The molecule has 0 aromatic heterocycles. The van der Waals surface area contributed by atoms with Gasteiger partial charge in [0.05, 0.1) is 0 Å². The number of ether oxygens (including phenoxy) is 2. The normalized spacial score (nSPS) is 11.9. The number of aliphatic carboxylic acids is 2. The Labute approximate surface area is 253 Å². The number of carboxylic acids is 2. The van der Waals surface area contributed by atoms with Crippen LogP contribution in [-0.4, -0.2) is 54.0 Å². The molecule has 4 N–H and O–H groups in total. The van der Waals surface area contributed by atoms with E-state index in [1.54, 1.807) is 0 Å². The molecule has 0 saturated heterocycles. The van der Waals surface area contributed by atoms with Crippen molar-refractivity contribution in [1.29, 1.82) is 0 Å². The van der Waals surface area contributed by atoms with Crippen LogP contribution in [0.5, 0.6) is 0 Å². The van der Waals surface area contributed by atoms with Gasteiger partial charge in [-0.1, -0.05) is 91.0 Å². The number of hydrogen-bond donors (Lipinski definition) is 4. The van der Waals surface area contributed by atoms with Crippen molar-refractivity contribution in [3.8, 4) is 22.3 Å². The zero-order chi connectivity index (χ0) is 31.1. The molecule has 10 nitrogen and oxygen atoms in total. The van der Waals surface area contributed by atoms with Crippen LogP contribution < -0.4 is 10.6 Å². The molecular weight excluding hydrogens is 564 g/mol. The molecule has 0 saturated carbocycles. The Hall–Kier alpha value is -5.64. The van der Waals surface area contributed by atoms with E-state index in [1.807, 2.05) is 60.7 Å². The van der Waals surface area contributed by atoms with E-state index < -0.39 is 37.2 Å². The highest BCUT2D eigenvalue weighted by molar-refractivity contribution is 5.80. The highest BCUT2D eigenvalue weighted by Crippen LogP contribution is 2.44. The number of benzene rings is 4. The average Bonchev–Trinajstić information content (AvgIpc) is 3.57. The van der Waals surface area contributed by atoms with Gasteiger partial charge in [-0.2, -0.15) is 0 Å². The largest absolute Gasteiger partial charge is 0.480 e. The van der Waals surface area contributed by atoms with Crippen LogP contribution in [-0.2, 0) is 32.1 Å². The van der Waals surface area contributed by atoms with E-state index >= 15 is 0 Å². The summed E-state index contributed by atoms with van der Waals surface area (Å²) in [6, 6.07) is 30.2. The second-order valence-electron chi connectivity index (χ2n) is 10.2. The first-order valence-electron chi connectivity index (χ1n) is 13.9. The van der Waals surface area contributed by atoms with E-state index in [0.717, 1.165) is 39.8 Å². The molecule has 0 fully saturated rings. The third-order valence-corrected chi connectivity index (χ3v) is 7.42. The summed E-state index contributed by atoms with van der Waals surface area (Å²) in [7, 11) is 0. The molecule has 2 aliphatic rings. The Kier molecular flexibility index (Phi) is 9.19. The van der Waals surface area contributed by atoms with Gasteiger partial charge in [-0.15, -0.1) is 0 Å². The van der Waals surface area contributed by atoms with Gasteiger partial charge in [0, 0.05) is 5.92 Å². The Morgan fingerprint density at radius 2 is 1.16 bits per heavy atom. The summed E-state index contributed by atoms with van der Waals surface area (Å²) >= 11 is 0. The summed E-state index contributed by atoms with van der Waals surface area (Å²) in [6.07, 6.45) is -0.623. The third kappa shape index (κ3) is 6.87. The maximum Gasteiger partial charge on any atom is 0.407 e. The number of carbonyl (C=O) groups excluding carboxylic acids is 2. The summed E-state index contributed by atoms with van der Waals surface area (Å²) in [5, 5.41) is 21.4. The van der Waals surface area contributed by atoms with Gasteiger partial charge in [0.1, 0.15) is 26.3 Å². The lowest BCUT2D eigenvalue weighted by Gasteiger charge is -2.14. The quantitative estimate of drug-likeness (QED) is 0.192. The van der Waals surface area contributed by atoms with E-state index in [4.69, 9.17) is 19.7 Å². The fourth-order valence-corrected chi connectivity index (χ4v) is 5.50. The maximum absolute atomic E-state index is 11.5. The van der Waals surface area contributed by atoms with Gasteiger partial charge in [0.2, 0.25) is 0 Å². The van der Waals surface area contributed by atoms with Crippen LogP contribution in [0.2, 0.25) is 0 Å². The maximum atomic E-state index is 11.5. The minimum Gasteiger partial charge on any atom is -0.480 e. The Morgan fingerprint density at radius 1 is 0.636 bits per heavy atom. The number of alkyl carbamates (subject to hydrolysis) is 2. The molecule has 6 rings (SSSR count). The van der Waals surface area contributed by atoms with Crippen molar-refractivity contribution in [3.05, 3.63) is 119 Å². The summed E-state index contributed by atoms with van der Waals surface area (Å²) in [5.41, 5.74) is 10.3. The molecule has 0 radical (unpaired) electrons. The van der Waals surface area contributed by atoms with E-state index in [-0.39, 0.29) is 19.1 Å². The van der Waals surface area contributed by atoms with Crippen molar-refractivity contribution in [2.75, 3.05) is 19.7 Å². The zero-order valence-corrected chi connectivity index (χ0v) is 23.6. The topological polar surface area (TPSA) is 151 Å². The minimum absolute atomic E-state index is 0.0250. The predicted molar refractivity (Wildman–Crippen MR) is 161 cm³/mol. The number of hydrogen-bond acceptors (Lipinski definition) is 6. The van der Waals surface area contributed by atoms with Crippen LogP contribution >= 0.6 is 0 Å². The molecule has 0 spiro atoms. The molecule has 0 heterocycles. The second-order valence-corrected chi connectivity index (χ2v) is 10.2. The molecule has 10 heteroatoms. The van der Waals surface area contributed by atoms with Crippen LogP contribution in [0.25, 0.3) is 22.3 Å². The van der Waals surface area contributed by atoms with E-state index in [2.05, 4.69) is 41.0 Å². The predicted octanol–water partition coefficient (Wildman–Crippen LogP) is 5.18. The summed E-state index contributed by atoms with van der Waals surface area (Å²) in [6.45, 7) is -0.587. The highest BCUT2D eigenvalue weighted by atomic mass is 16.6. The number of nitrogens with one attached hydrogen (secondary N) is 2. The monoisotopic (exact) mass is 594 g/mol. The molecule has 0 aliphatic heterocycles. The lowest BCUT2D eigenvalue weighted by atomic mass is 9.98. The summed E-state index contributed by atoms with van der Waals surface area (Å²) in [4.78, 5) is 43.8. The lowest BCUT2D eigenvalue weighted by Crippen LogP contribution is -2.30. The van der Waals surface area contributed by atoms with Crippen LogP contribution in [0, 0.1) is 0 Å². The first-order chi connectivity index (χ1) is 21.3. The van der Waals surface area contributed by atoms with Gasteiger partial charge in [-0.25, -0.2) is 9.59 Å². The Bertz CT molecular complexity index is 1670. The molecule has 0 atom stereocenters. The molecule has 4 aromatic rings. The average molecular weight is 595 g/mol. The molecule has 0 bridgehead atoms. The molecule has 4 aromatic carbocycles. The number of carbonyl (C=O) groups is 4. The summed E-state index contributed by atoms with van der Waals surface area (Å²) in [5.74, 6) is -2.23. The number of rotatable bonds is 8. The van der Waals surface area contributed by atoms with Gasteiger partial charge in [0.25, 0.3) is 0 Å². The number of fused-ring (bicyclic) bond motifs is 6. The first-order valence-corrected chi connectivity index (χ1v) is 13.9. The lowest BCUT2D eigenvalue weighted by molar-refractivity contribution is -0.136. The van der Waals surface area contributed by atoms with Crippen LogP contribution in [0.3, 0.4) is 0 Å². The van der Waals surface area contributed by atoms with Crippen molar-refractivity contribution in [1.82, 2.24) is 10.6 Å². The van der Waals surface area contributed by atoms with Gasteiger partial charge in [-0.3, -0.25) is 9.59 Å². The zero-order valence-electron chi connectivity index (χ0n) is 23.6. The molecule has 224 valence electrons. The molecule has 2 amide bonds.